The number of rotatable bonds is 4. The average Bonchev–Trinajstić information content (AvgIpc) is 3.14. The summed E-state index contributed by atoms with van der Waals surface area (Å²) in [6, 6.07) is 5.52. The van der Waals surface area contributed by atoms with Gasteiger partial charge in [-0.05, 0) is 44.5 Å². The Hall–Kier alpha value is -2.54. The molecular weight excluding hydrogens is 342 g/mol. The normalized spacial score (nSPS) is 16.4. The molecule has 4 heterocycles. The SMILES string of the molecule is Cc1ccc2nc(CN3CCC(c4nc(C(C)C)no4)CC3)cc(=O)n2c1. The molecule has 142 valence electrons. The van der Waals surface area contributed by atoms with Crippen molar-refractivity contribution in [1.29, 1.82) is 0 Å². The van der Waals surface area contributed by atoms with Crippen LogP contribution in [0.5, 0.6) is 0 Å². The summed E-state index contributed by atoms with van der Waals surface area (Å²) >= 11 is 0. The molecule has 7 nitrogen and oxygen atoms in total. The van der Waals surface area contributed by atoms with Gasteiger partial charge < -0.3 is 4.52 Å². The van der Waals surface area contributed by atoms with Crippen LogP contribution in [0.3, 0.4) is 0 Å². The minimum Gasteiger partial charge on any atom is -0.339 e. The molecule has 3 aromatic rings. The van der Waals surface area contributed by atoms with Crippen molar-refractivity contribution in [3.63, 3.8) is 0 Å². The lowest BCUT2D eigenvalue weighted by Gasteiger charge is -2.29. The highest BCUT2D eigenvalue weighted by atomic mass is 16.5. The van der Waals surface area contributed by atoms with E-state index in [4.69, 9.17) is 4.52 Å². The second kappa shape index (κ2) is 7.23. The Morgan fingerprint density at radius 2 is 2.00 bits per heavy atom. The number of aryl methyl sites for hydroxylation is 1. The molecule has 0 N–H and O–H groups in total. The first-order valence-corrected chi connectivity index (χ1v) is 9.54. The van der Waals surface area contributed by atoms with E-state index in [9.17, 15) is 4.79 Å². The van der Waals surface area contributed by atoms with Gasteiger partial charge in [-0.3, -0.25) is 14.1 Å². The number of pyridine rings is 1. The fourth-order valence-corrected chi connectivity index (χ4v) is 3.55. The van der Waals surface area contributed by atoms with E-state index in [0.29, 0.717) is 18.1 Å². The molecule has 1 aliphatic rings. The Kier molecular flexibility index (Phi) is 4.78. The molecule has 27 heavy (non-hydrogen) atoms. The number of hydrogen-bond acceptors (Lipinski definition) is 6. The van der Waals surface area contributed by atoms with Crippen LogP contribution in [0, 0.1) is 6.92 Å². The van der Waals surface area contributed by atoms with Gasteiger partial charge in [0.2, 0.25) is 5.89 Å². The van der Waals surface area contributed by atoms with Crippen LogP contribution in [0.2, 0.25) is 0 Å². The quantitative estimate of drug-likeness (QED) is 0.706. The minimum atomic E-state index is -0.0272. The molecule has 1 aliphatic heterocycles. The molecule has 0 radical (unpaired) electrons. The molecule has 4 rings (SSSR count). The van der Waals surface area contributed by atoms with Crippen molar-refractivity contribution in [2.45, 2.75) is 52.0 Å². The smallest absolute Gasteiger partial charge is 0.258 e. The van der Waals surface area contributed by atoms with Crippen LogP contribution in [0.15, 0.2) is 33.7 Å². The third kappa shape index (κ3) is 3.78. The zero-order valence-corrected chi connectivity index (χ0v) is 16.1. The average molecular weight is 367 g/mol. The van der Waals surface area contributed by atoms with Gasteiger partial charge in [0, 0.05) is 30.6 Å². The summed E-state index contributed by atoms with van der Waals surface area (Å²) in [6.07, 6.45) is 3.78. The van der Waals surface area contributed by atoms with Crippen molar-refractivity contribution in [1.82, 2.24) is 24.4 Å². The summed E-state index contributed by atoms with van der Waals surface area (Å²) in [5.74, 6) is 2.14. The lowest BCUT2D eigenvalue weighted by Crippen LogP contribution is -2.33. The lowest BCUT2D eigenvalue weighted by atomic mass is 9.96. The molecule has 0 aromatic carbocycles. The lowest BCUT2D eigenvalue weighted by molar-refractivity contribution is 0.186. The second-order valence-corrected chi connectivity index (χ2v) is 7.72. The van der Waals surface area contributed by atoms with Gasteiger partial charge in [-0.15, -0.1) is 0 Å². The molecule has 1 fully saturated rings. The Bertz CT molecular complexity index is 999. The van der Waals surface area contributed by atoms with Crippen LogP contribution < -0.4 is 5.56 Å². The van der Waals surface area contributed by atoms with Crippen molar-refractivity contribution in [3.05, 3.63) is 57.7 Å². The van der Waals surface area contributed by atoms with Crippen LogP contribution in [0.25, 0.3) is 5.65 Å². The van der Waals surface area contributed by atoms with E-state index in [1.165, 1.54) is 0 Å². The first kappa shape index (κ1) is 17.9. The molecule has 0 atom stereocenters. The Morgan fingerprint density at radius 3 is 2.70 bits per heavy atom. The van der Waals surface area contributed by atoms with Gasteiger partial charge in [0.25, 0.3) is 5.56 Å². The van der Waals surface area contributed by atoms with Gasteiger partial charge in [-0.2, -0.15) is 4.98 Å². The molecule has 0 aliphatic carbocycles. The van der Waals surface area contributed by atoms with E-state index >= 15 is 0 Å². The van der Waals surface area contributed by atoms with Gasteiger partial charge in [0.1, 0.15) is 5.65 Å². The highest BCUT2D eigenvalue weighted by molar-refractivity contribution is 5.39. The molecule has 0 bridgehead atoms. The number of likely N-dealkylation sites (tertiary alicyclic amines) is 1. The van der Waals surface area contributed by atoms with Crippen molar-refractivity contribution in [2.75, 3.05) is 13.1 Å². The van der Waals surface area contributed by atoms with Gasteiger partial charge in [-0.1, -0.05) is 25.1 Å². The van der Waals surface area contributed by atoms with E-state index in [0.717, 1.165) is 48.9 Å². The Labute approximate surface area is 158 Å². The van der Waals surface area contributed by atoms with E-state index in [2.05, 4.69) is 33.9 Å². The van der Waals surface area contributed by atoms with Crippen molar-refractivity contribution >= 4 is 5.65 Å². The predicted molar refractivity (Wildman–Crippen MR) is 102 cm³/mol. The third-order valence-electron chi connectivity index (χ3n) is 5.16. The highest BCUT2D eigenvalue weighted by Crippen LogP contribution is 2.28. The topological polar surface area (TPSA) is 76.5 Å². The molecule has 3 aromatic heterocycles. The van der Waals surface area contributed by atoms with E-state index < -0.39 is 0 Å². The van der Waals surface area contributed by atoms with Gasteiger partial charge >= 0.3 is 0 Å². The fraction of sp³-hybridized carbons (Fsp3) is 0.500. The number of aromatic nitrogens is 4. The molecule has 1 saturated heterocycles. The van der Waals surface area contributed by atoms with Crippen LogP contribution in [0.4, 0.5) is 0 Å². The van der Waals surface area contributed by atoms with Crippen LogP contribution in [-0.2, 0) is 6.54 Å². The van der Waals surface area contributed by atoms with Crippen molar-refractivity contribution in [3.8, 4) is 0 Å². The molecular formula is C20H25N5O2. The van der Waals surface area contributed by atoms with Gasteiger partial charge in [0.05, 0.1) is 5.69 Å². The summed E-state index contributed by atoms with van der Waals surface area (Å²) in [7, 11) is 0. The largest absolute Gasteiger partial charge is 0.339 e. The zero-order chi connectivity index (χ0) is 19.0. The zero-order valence-electron chi connectivity index (χ0n) is 16.1. The third-order valence-corrected chi connectivity index (χ3v) is 5.16. The monoisotopic (exact) mass is 367 g/mol. The predicted octanol–water partition coefficient (Wildman–Crippen LogP) is 2.89. The maximum atomic E-state index is 12.4. The van der Waals surface area contributed by atoms with Gasteiger partial charge in [0.15, 0.2) is 5.82 Å². The number of fused-ring (bicyclic) bond motifs is 1. The number of hydrogen-bond donors (Lipinski definition) is 0. The summed E-state index contributed by atoms with van der Waals surface area (Å²) in [4.78, 5) is 23.9. The maximum Gasteiger partial charge on any atom is 0.258 e. The Balaban J connectivity index is 1.42. The van der Waals surface area contributed by atoms with E-state index in [-0.39, 0.29) is 11.5 Å². The molecule has 7 heteroatoms. The second-order valence-electron chi connectivity index (χ2n) is 7.72. The first-order chi connectivity index (χ1) is 13.0. The number of piperidine rings is 1. The fourth-order valence-electron chi connectivity index (χ4n) is 3.55. The number of nitrogens with zero attached hydrogens (tertiary/aromatic N) is 5. The van der Waals surface area contributed by atoms with E-state index in [1.54, 1.807) is 10.5 Å². The summed E-state index contributed by atoms with van der Waals surface area (Å²) < 4.78 is 7.06. The highest BCUT2D eigenvalue weighted by Gasteiger charge is 2.26. The standard InChI is InChI=1S/C20H25N5O2/c1-13(2)19-22-20(27-23-19)15-6-8-24(9-7-15)12-16-10-18(26)25-11-14(3)4-5-17(25)21-16/h4-5,10-11,13,15H,6-9,12H2,1-3H3. The van der Waals surface area contributed by atoms with Crippen LogP contribution >= 0.6 is 0 Å². The minimum absolute atomic E-state index is 0.0272. The van der Waals surface area contributed by atoms with E-state index in [1.807, 2.05) is 25.3 Å². The first-order valence-electron chi connectivity index (χ1n) is 9.54. The molecule has 0 amide bonds. The van der Waals surface area contributed by atoms with Crippen LogP contribution in [-0.4, -0.2) is 37.5 Å². The molecule has 0 saturated carbocycles. The molecule has 0 spiro atoms. The van der Waals surface area contributed by atoms with Gasteiger partial charge in [-0.25, -0.2) is 4.98 Å². The Morgan fingerprint density at radius 1 is 1.22 bits per heavy atom. The van der Waals surface area contributed by atoms with Crippen LogP contribution in [0.1, 0.15) is 61.5 Å². The molecule has 0 unspecified atom stereocenters. The summed E-state index contributed by atoms with van der Waals surface area (Å²) in [5, 5.41) is 4.08. The maximum absolute atomic E-state index is 12.4. The van der Waals surface area contributed by atoms with Crippen molar-refractivity contribution in [2.24, 2.45) is 0 Å². The van der Waals surface area contributed by atoms with Crippen molar-refractivity contribution < 1.29 is 4.52 Å². The summed E-state index contributed by atoms with van der Waals surface area (Å²) in [6.45, 7) is 8.65. The summed E-state index contributed by atoms with van der Waals surface area (Å²) in [5.41, 5.74) is 2.54.